The maximum atomic E-state index is 13.3. The third-order valence-electron chi connectivity index (χ3n) is 6.07. The van der Waals surface area contributed by atoms with E-state index in [4.69, 9.17) is 9.47 Å². The minimum Gasteiger partial charge on any atom is -0.507 e. The third-order valence-corrected chi connectivity index (χ3v) is 6.07. The molecule has 180 valence electrons. The Balaban J connectivity index is 1.91. The molecule has 1 saturated heterocycles. The zero-order chi connectivity index (χ0) is 25.1. The highest BCUT2D eigenvalue weighted by molar-refractivity contribution is 6.46. The summed E-state index contributed by atoms with van der Waals surface area (Å²) >= 11 is 0. The number of nitrogens with zero attached hydrogens (tertiary/aromatic N) is 2. The smallest absolute Gasteiger partial charge is 0.295 e. The van der Waals surface area contributed by atoms with Crippen molar-refractivity contribution < 1.29 is 24.2 Å². The number of ketones is 1. The summed E-state index contributed by atoms with van der Waals surface area (Å²) in [4.78, 5) is 32.2. The number of aliphatic hydroxyl groups excluding tert-OH is 1. The minimum atomic E-state index is -0.820. The van der Waals surface area contributed by atoms with Gasteiger partial charge in [-0.3, -0.25) is 14.6 Å². The monoisotopic (exact) mass is 472 g/mol. The van der Waals surface area contributed by atoms with Crippen LogP contribution in [-0.4, -0.2) is 40.4 Å². The van der Waals surface area contributed by atoms with Crippen molar-refractivity contribution in [3.05, 3.63) is 94.3 Å². The fraction of sp³-hybridized carbons (Fsp3) is 0.250. The number of ether oxygens (including phenoxy) is 2. The molecule has 1 aliphatic rings. The van der Waals surface area contributed by atoms with E-state index in [-0.39, 0.29) is 17.9 Å². The standard InChI is InChI=1S/C28H28N2O5/c1-5-35-22-11-10-20(14-23(22)34-4)25-24(26(31)21-13-17(2)8-9-18(21)3)27(32)28(33)30(25)16-19-7-6-12-29-15-19/h6-15,25,31H,5,16H2,1-4H3/b26-24+. The molecule has 35 heavy (non-hydrogen) atoms. The molecule has 0 spiro atoms. The molecule has 1 amide bonds. The predicted octanol–water partition coefficient (Wildman–Crippen LogP) is 4.73. The molecular formula is C28H28N2O5. The first-order chi connectivity index (χ1) is 16.8. The van der Waals surface area contributed by atoms with Crippen LogP contribution in [0.2, 0.25) is 0 Å². The molecule has 3 aromatic rings. The molecule has 0 bridgehead atoms. The lowest BCUT2D eigenvalue weighted by Crippen LogP contribution is -2.29. The molecule has 4 rings (SSSR count). The zero-order valence-corrected chi connectivity index (χ0v) is 20.2. The summed E-state index contributed by atoms with van der Waals surface area (Å²) in [5.74, 6) is -0.583. The van der Waals surface area contributed by atoms with Gasteiger partial charge in [-0.25, -0.2) is 0 Å². The van der Waals surface area contributed by atoms with Crippen molar-refractivity contribution in [3.8, 4) is 11.5 Å². The van der Waals surface area contributed by atoms with Crippen LogP contribution in [0.5, 0.6) is 11.5 Å². The molecular weight excluding hydrogens is 444 g/mol. The van der Waals surface area contributed by atoms with Gasteiger partial charge in [0.15, 0.2) is 11.5 Å². The van der Waals surface area contributed by atoms with Gasteiger partial charge in [-0.2, -0.15) is 0 Å². The number of aromatic nitrogens is 1. The van der Waals surface area contributed by atoms with Gasteiger partial charge in [-0.05, 0) is 61.7 Å². The molecule has 0 aliphatic carbocycles. The van der Waals surface area contributed by atoms with Crippen LogP contribution in [0.1, 0.15) is 40.8 Å². The Hall–Kier alpha value is -4.13. The number of rotatable bonds is 7. The molecule has 7 heteroatoms. The number of carbonyl (C=O) groups excluding carboxylic acids is 2. The lowest BCUT2D eigenvalue weighted by atomic mass is 9.93. The second-order valence-electron chi connectivity index (χ2n) is 8.45. The summed E-state index contributed by atoms with van der Waals surface area (Å²) in [6, 6.07) is 13.7. The largest absolute Gasteiger partial charge is 0.507 e. The van der Waals surface area contributed by atoms with E-state index in [9.17, 15) is 14.7 Å². The molecule has 1 N–H and O–H groups in total. The second kappa shape index (κ2) is 10.0. The van der Waals surface area contributed by atoms with Crippen molar-refractivity contribution in [1.82, 2.24) is 9.88 Å². The van der Waals surface area contributed by atoms with Gasteiger partial charge in [0.2, 0.25) is 0 Å². The van der Waals surface area contributed by atoms with Crippen molar-refractivity contribution in [2.24, 2.45) is 0 Å². The van der Waals surface area contributed by atoms with E-state index >= 15 is 0 Å². The van der Waals surface area contributed by atoms with Crippen molar-refractivity contribution in [2.75, 3.05) is 13.7 Å². The van der Waals surface area contributed by atoms with Crippen molar-refractivity contribution in [3.63, 3.8) is 0 Å². The van der Waals surface area contributed by atoms with Gasteiger partial charge in [0.1, 0.15) is 5.76 Å². The number of hydrogen-bond acceptors (Lipinski definition) is 6. The van der Waals surface area contributed by atoms with Crippen LogP contribution >= 0.6 is 0 Å². The highest BCUT2D eigenvalue weighted by Gasteiger charge is 2.46. The number of hydrogen-bond donors (Lipinski definition) is 1. The van der Waals surface area contributed by atoms with Gasteiger partial charge in [0.05, 0.1) is 25.3 Å². The number of benzene rings is 2. The Morgan fingerprint density at radius 1 is 1.09 bits per heavy atom. The van der Waals surface area contributed by atoms with Crippen LogP contribution in [-0.2, 0) is 16.1 Å². The quantitative estimate of drug-likeness (QED) is 0.304. The van der Waals surface area contributed by atoms with Gasteiger partial charge in [0, 0.05) is 24.5 Å². The lowest BCUT2D eigenvalue weighted by Gasteiger charge is -2.26. The van der Waals surface area contributed by atoms with Crippen LogP contribution in [0, 0.1) is 13.8 Å². The fourth-order valence-electron chi connectivity index (χ4n) is 4.34. The van der Waals surface area contributed by atoms with Gasteiger partial charge in [-0.1, -0.05) is 29.8 Å². The maximum absolute atomic E-state index is 13.3. The lowest BCUT2D eigenvalue weighted by molar-refractivity contribution is -0.140. The molecule has 1 fully saturated rings. The summed E-state index contributed by atoms with van der Waals surface area (Å²) in [6.45, 7) is 6.26. The molecule has 1 aromatic heterocycles. The summed E-state index contributed by atoms with van der Waals surface area (Å²) in [7, 11) is 1.53. The highest BCUT2D eigenvalue weighted by atomic mass is 16.5. The first-order valence-electron chi connectivity index (χ1n) is 11.4. The number of pyridine rings is 1. The van der Waals surface area contributed by atoms with Crippen LogP contribution < -0.4 is 9.47 Å². The van der Waals surface area contributed by atoms with Crippen molar-refractivity contribution >= 4 is 17.4 Å². The van der Waals surface area contributed by atoms with E-state index in [1.165, 1.54) is 12.0 Å². The molecule has 2 heterocycles. The minimum absolute atomic E-state index is 0.0406. The van der Waals surface area contributed by atoms with E-state index in [0.29, 0.717) is 29.2 Å². The third kappa shape index (κ3) is 4.62. The van der Waals surface area contributed by atoms with Gasteiger partial charge >= 0.3 is 0 Å². The Morgan fingerprint density at radius 3 is 2.57 bits per heavy atom. The van der Waals surface area contributed by atoms with E-state index in [1.807, 2.05) is 45.0 Å². The number of aliphatic hydroxyl groups is 1. The second-order valence-corrected chi connectivity index (χ2v) is 8.45. The zero-order valence-electron chi connectivity index (χ0n) is 20.2. The SMILES string of the molecule is CCOc1ccc(C2/C(=C(\O)c3cc(C)ccc3C)C(=O)C(=O)N2Cc2cccnc2)cc1OC. The fourth-order valence-corrected chi connectivity index (χ4v) is 4.34. The average Bonchev–Trinajstić information content (AvgIpc) is 3.11. The van der Waals surface area contributed by atoms with Gasteiger partial charge in [0.25, 0.3) is 11.7 Å². The number of methoxy groups -OCH3 is 1. The highest BCUT2D eigenvalue weighted by Crippen LogP contribution is 2.43. The van der Waals surface area contributed by atoms with Crippen LogP contribution in [0.15, 0.2) is 66.5 Å². The maximum Gasteiger partial charge on any atom is 0.295 e. The number of amides is 1. The van der Waals surface area contributed by atoms with E-state index in [0.717, 1.165) is 16.7 Å². The van der Waals surface area contributed by atoms with E-state index in [2.05, 4.69) is 4.98 Å². The summed E-state index contributed by atoms with van der Waals surface area (Å²) in [6.07, 6.45) is 3.30. The van der Waals surface area contributed by atoms with Gasteiger partial charge in [-0.15, -0.1) is 0 Å². The first kappa shape index (κ1) is 24.0. The molecule has 7 nitrogen and oxygen atoms in total. The Bertz CT molecular complexity index is 1300. The molecule has 2 aromatic carbocycles. The normalized spacial score (nSPS) is 17.0. The molecule has 1 atom stereocenters. The first-order valence-corrected chi connectivity index (χ1v) is 11.4. The number of Topliss-reactive ketones (excluding diaryl/α,β-unsaturated/α-hetero) is 1. The Morgan fingerprint density at radius 2 is 1.89 bits per heavy atom. The van der Waals surface area contributed by atoms with E-state index in [1.54, 1.807) is 36.7 Å². The van der Waals surface area contributed by atoms with Crippen LogP contribution in [0.3, 0.4) is 0 Å². The summed E-state index contributed by atoms with van der Waals surface area (Å²) in [5.41, 5.74) is 3.69. The van der Waals surface area contributed by atoms with Crippen LogP contribution in [0.25, 0.3) is 5.76 Å². The summed E-state index contributed by atoms with van der Waals surface area (Å²) in [5, 5.41) is 11.4. The molecule has 1 aliphatic heterocycles. The Kier molecular flexibility index (Phi) is 6.87. The molecule has 0 radical (unpaired) electrons. The molecule has 0 saturated carbocycles. The summed E-state index contributed by atoms with van der Waals surface area (Å²) < 4.78 is 11.2. The van der Waals surface area contributed by atoms with Crippen LogP contribution in [0.4, 0.5) is 0 Å². The van der Waals surface area contributed by atoms with E-state index < -0.39 is 17.7 Å². The number of likely N-dealkylation sites (tertiary alicyclic amines) is 1. The Labute approximate surface area is 204 Å². The van der Waals surface area contributed by atoms with Crippen molar-refractivity contribution in [1.29, 1.82) is 0 Å². The number of aryl methyl sites for hydroxylation is 2. The predicted molar refractivity (Wildman–Crippen MR) is 132 cm³/mol. The average molecular weight is 473 g/mol. The number of carbonyl (C=O) groups is 2. The van der Waals surface area contributed by atoms with Gasteiger partial charge < -0.3 is 19.5 Å². The topological polar surface area (TPSA) is 89.0 Å². The van der Waals surface area contributed by atoms with Crippen molar-refractivity contribution in [2.45, 2.75) is 33.4 Å². The molecule has 1 unspecified atom stereocenters.